The molecule has 4 rings (SSSR count). The third-order valence-corrected chi connectivity index (χ3v) is 7.48. The van der Waals surface area contributed by atoms with Gasteiger partial charge in [-0.05, 0) is 80.3 Å². The summed E-state index contributed by atoms with van der Waals surface area (Å²) < 4.78 is 27.6. The summed E-state index contributed by atoms with van der Waals surface area (Å²) >= 11 is 0. The SMILES string of the molecule is Cc1ccc(S(=O)(=O)N2CCc3cc(NC(=O)Nc4cccc(C)c4C)ccc32)cc1. The Kier molecular flexibility index (Phi) is 5.45. The highest BCUT2D eigenvalue weighted by Crippen LogP contribution is 2.34. The van der Waals surface area contributed by atoms with E-state index in [0.717, 1.165) is 27.9 Å². The predicted molar refractivity (Wildman–Crippen MR) is 124 cm³/mol. The monoisotopic (exact) mass is 435 g/mol. The lowest BCUT2D eigenvalue weighted by atomic mass is 10.1. The van der Waals surface area contributed by atoms with E-state index < -0.39 is 10.0 Å². The van der Waals surface area contributed by atoms with Crippen molar-refractivity contribution in [2.75, 3.05) is 21.5 Å². The zero-order chi connectivity index (χ0) is 22.2. The largest absolute Gasteiger partial charge is 0.323 e. The van der Waals surface area contributed by atoms with E-state index in [4.69, 9.17) is 0 Å². The first-order valence-corrected chi connectivity index (χ1v) is 11.6. The molecule has 0 spiro atoms. The molecule has 0 unspecified atom stereocenters. The zero-order valence-electron chi connectivity index (χ0n) is 17.8. The average molecular weight is 436 g/mol. The molecular weight excluding hydrogens is 410 g/mol. The first-order chi connectivity index (χ1) is 14.8. The Morgan fingerprint density at radius 1 is 0.935 bits per heavy atom. The standard InChI is InChI=1S/C24H25N3O3S/c1-16-7-10-21(11-8-16)31(29,30)27-14-13-19-15-20(9-12-23(19)27)25-24(28)26-22-6-4-5-17(2)18(22)3/h4-12,15H,13-14H2,1-3H3,(H2,25,26,28). The number of sulfonamides is 1. The zero-order valence-corrected chi connectivity index (χ0v) is 18.6. The van der Waals surface area contributed by atoms with Crippen molar-refractivity contribution in [3.8, 4) is 0 Å². The number of carbonyl (C=O) groups excluding carboxylic acids is 1. The van der Waals surface area contributed by atoms with Gasteiger partial charge >= 0.3 is 6.03 Å². The van der Waals surface area contributed by atoms with Crippen molar-refractivity contribution in [2.45, 2.75) is 32.1 Å². The number of hydrogen-bond acceptors (Lipinski definition) is 3. The predicted octanol–water partition coefficient (Wildman–Crippen LogP) is 5.01. The molecule has 31 heavy (non-hydrogen) atoms. The second kappa shape index (κ2) is 8.07. The van der Waals surface area contributed by atoms with Crippen LogP contribution in [0, 0.1) is 20.8 Å². The summed E-state index contributed by atoms with van der Waals surface area (Å²) in [6.45, 7) is 6.26. The maximum Gasteiger partial charge on any atom is 0.323 e. The highest BCUT2D eigenvalue weighted by atomic mass is 32.2. The lowest BCUT2D eigenvalue weighted by molar-refractivity contribution is 0.262. The maximum atomic E-state index is 13.1. The van der Waals surface area contributed by atoms with Crippen LogP contribution in [0.3, 0.4) is 0 Å². The average Bonchev–Trinajstić information content (AvgIpc) is 3.16. The minimum Gasteiger partial charge on any atom is -0.308 e. The molecule has 0 atom stereocenters. The van der Waals surface area contributed by atoms with Gasteiger partial charge in [0, 0.05) is 17.9 Å². The Morgan fingerprint density at radius 2 is 1.68 bits per heavy atom. The number of anilines is 3. The molecular formula is C24H25N3O3S. The van der Waals surface area contributed by atoms with Gasteiger partial charge in [0.15, 0.2) is 0 Å². The topological polar surface area (TPSA) is 78.5 Å². The number of fused-ring (bicyclic) bond motifs is 1. The Hall–Kier alpha value is -3.32. The van der Waals surface area contributed by atoms with Crippen LogP contribution < -0.4 is 14.9 Å². The van der Waals surface area contributed by atoms with Gasteiger partial charge in [-0.2, -0.15) is 0 Å². The van der Waals surface area contributed by atoms with Crippen LogP contribution in [0.4, 0.5) is 21.9 Å². The number of nitrogens with zero attached hydrogens (tertiary/aromatic N) is 1. The number of nitrogens with one attached hydrogen (secondary N) is 2. The number of carbonyl (C=O) groups is 1. The first-order valence-electron chi connectivity index (χ1n) is 10.1. The minimum absolute atomic E-state index is 0.279. The molecule has 0 radical (unpaired) electrons. The van der Waals surface area contributed by atoms with Crippen molar-refractivity contribution in [1.82, 2.24) is 0 Å². The Bertz CT molecular complexity index is 1250. The van der Waals surface area contributed by atoms with Crippen molar-refractivity contribution in [3.63, 3.8) is 0 Å². The highest BCUT2D eigenvalue weighted by molar-refractivity contribution is 7.92. The van der Waals surface area contributed by atoms with Crippen LogP contribution in [0.25, 0.3) is 0 Å². The minimum atomic E-state index is -3.62. The number of rotatable bonds is 4. The summed E-state index contributed by atoms with van der Waals surface area (Å²) in [7, 11) is -3.62. The molecule has 3 aromatic rings. The molecule has 0 saturated carbocycles. The molecule has 0 aliphatic carbocycles. The van der Waals surface area contributed by atoms with Gasteiger partial charge < -0.3 is 10.6 Å². The first kappa shape index (κ1) is 20.9. The van der Waals surface area contributed by atoms with Crippen LogP contribution in [-0.4, -0.2) is 21.0 Å². The Labute approximate surface area is 183 Å². The van der Waals surface area contributed by atoms with E-state index >= 15 is 0 Å². The second-order valence-electron chi connectivity index (χ2n) is 7.81. The third kappa shape index (κ3) is 4.14. The fraction of sp³-hybridized carbons (Fsp3) is 0.208. The second-order valence-corrected chi connectivity index (χ2v) is 9.67. The van der Waals surface area contributed by atoms with E-state index in [1.807, 2.05) is 45.0 Å². The number of urea groups is 1. The van der Waals surface area contributed by atoms with Gasteiger partial charge in [0.05, 0.1) is 10.6 Å². The van der Waals surface area contributed by atoms with Crippen LogP contribution in [0.2, 0.25) is 0 Å². The fourth-order valence-corrected chi connectivity index (χ4v) is 5.21. The van der Waals surface area contributed by atoms with E-state index in [1.165, 1.54) is 4.31 Å². The normalized spacial score (nSPS) is 13.1. The number of aryl methyl sites for hydroxylation is 2. The third-order valence-electron chi connectivity index (χ3n) is 5.65. The summed E-state index contributed by atoms with van der Waals surface area (Å²) in [4.78, 5) is 12.7. The summed E-state index contributed by atoms with van der Waals surface area (Å²) in [5, 5.41) is 5.71. The molecule has 3 aromatic carbocycles. The van der Waals surface area contributed by atoms with E-state index in [1.54, 1.807) is 36.4 Å². The molecule has 1 aliphatic rings. The number of hydrogen-bond donors (Lipinski definition) is 2. The van der Waals surface area contributed by atoms with Crippen molar-refractivity contribution >= 4 is 33.1 Å². The summed E-state index contributed by atoms with van der Waals surface area (Å²) in [5.41, 5.74) is 6.05. The van der Waals surface area contributed by atoms with E-state index in [-0.39, 0.29) is 10.9 Å². The molecule has 0 bridgehead atoms. The van der Waals surface area contributed by atoms with Crippen LogP contribution in [-0.2, 0) is 16.4 Å². The molecule has 2 N–H and O–H groups in total. The van der Waals surface area contributed by atoms with Gasteiger partial charge in [0.25, 0.3) is 10.0 Å². The van der Waals surface area contributed by atoms with Gasteiger partial charge in [-0.1, -0.05) is 29.8 Å². The molecule has 0 aromatic heterocycles. The van der Waals surface area contributed by atoms with E-state index in [9.17, 15) is 13.2 Å². The van der Waals surface area contributed by atoms with Crippen LogP contribution in [0.15, 0.2) is 65.6 Å². The summed E-state index contributed by atoms with van der Waals surface area (Å²) in [6, 6.07) is 17.6. The molecule has 160 valence electrons. The lowest BCUT2D eigenvalue weighted by Gasteiger charge is -2.20. The number of amides is 2. The Balaban J connectivity index is 1.51. The van der Waals surface area contributed by atoms with Crippen molar-refractivity contribution < 1.29 is 13.2 Å². The van der Waals surface area contributed by atoms with Crippen molar-refractivity contribution in [1.29, 1.82) is 0 Å². The summed E-state index contributed by atoms with van der Waals surface area (Å²) in [6.07, 6.45) is 0.592. The fourth-order valence-electron chi connectivity index (χ4n) is 3.71. The van der Waals surface area contributed by atoms with Gasteiger partial charge in [0.1, 0.15) is 0 Å². The molecule has 1 heterocycles. The van der Waals surface area contributed by atoms with Gasteiger partial charge in [-0.15, -0.1) is 0 Å². The van der Waals surface area contributed by atoms with E-state index in [2.05, 4.69) is 10.6 Å². The summed E-state index contributed by atoms with van der Waals surface area (Å²) in [5.74, 6) is 0. The smallest absolute Gasteiger partial charge is 0.308 e. The Morgan fingerprint density at radius 3 is 2.42 bits per heavy atom. The number of benzene rings is 3. The van der Waals surface area contributed by atoms with Crippen molar-refractivity contribution in [2.24, 2.45) is 0 Å². The molecule has 7 heteroatoms. The van der Waals surface area contributed by atoms with Gasteiger partial charge in [-0.3, -0.25) is 4.31 Å². The molecule has 1 aliphatic heterocycles. The molecule has 6 nitrogen and oxygen atoms in total. The quantitative estimate of drug-likeness (QED) is 0.605. The van der Waals surface area contributed by atoms with Crippen LogP contribution in [0.1, 0.15) is 22.3 Å². The molecule has 0 fully saturated rings. The van der Waals surface area contributed by atoms with Gasteiger partial charge in [0.2, 0.25) is 0 Å². The van der Waals surface area contributed by atoms with Crippen molar-refractivity contribution in [3.05, 3.63) is 82.9 Å². The van der Waals surface area contributed by atoms with Gasteiger partial charge in [-0.25, -0.2) is 13.2 Å². The van der Waals surface area contributed by atoms with Crippen LogP contribution in [0.5, 0.6) is 0 Å². The highest BCUT2D eigenvalue weighted by Gasteiger charge is 2.31. The lowest BCUT2D eigenvalue weighted by Crippen LogP contribution is -2.29. The maximum absolute atomic E-state index is 13.1. The van der Waals surface area contributed by atoms with Crippen LogP contribution >= 0.6 is 0 Å². The molecule has 2 amide bonds. The molecule has 0 saturated heterocycles. The van der Waals surface area contributed by atoms with E-state index in [0.29, 0.717) is 24.3 Å².